The second-order valence-corrected chi connectivity index (χ2v) is 5.38. The van der Waals surface area contributed by atoms with E-state index in [9.17, 15) is 4.79 Å². The van der Waals surface area contributed by atoms with E-state index in [2.05, 4.69) is 20.4 Å². The van der Waals surface area contributed by atoms with Crippen molar-refractivity contribution in [2.24, 2.45) is 7.05 Å². The number of thiazole rings is 1. The van der Waals surface area contributed by atoms with Gasteiger partial charge in [-0.25, -0.2) is 9.67 Å². The highest BCUT2D eigenvalue weighted by atomic mass is 35.5. The Hall–Kier alpha value is -1.47. The van der Waals surface area contributed by atoms with Crippen LogP contribution in [0, 0.1) is 13.8 Å². The Morgan fingerprint density at radius 1 is 1.44 bits per heavy atom. The lowest BCUT2D eigenvalue weighted by Crippen LogP contribution is -2.24. The highest BCUT2D eigenvalue weighted by Gasteiger charge is 2.14. The van der Waals surface area contributed by atoms with Crippen molar-refractivity contribution in [1.29, 1.82) is 0 Å². The van der Waals surface area contributed by atoms with E-state index < -0.39 is 0 Å². The molecule has 0 aliphatic carbocycles. The Balaban J connectivity index is 2.02. The molecule has 0 saturated carbocycles. The molecule has 0 aromatic carbocycles. The first-order chi connectivity index (χ1) is 8.47. The van der Waals surface area contributed by atoms with Crippen molar-refractivity contribution in [2.75, 3.05) is 0 Å². The van der Waals surface area contributed by atoms with Crippen LogP contribution in [-0.2, 0) is 13.6 Å². The predicted octanol–water partition coefficient (Wildman–Crippen LogP) is 1.47. The van der Waals surface area contributed by atoms with Crippen LogP contribution in [-0.4, -0.2) is 25.7 Å². The average Bonchev–Trinajstić information content (AvgIpc) is 2.79. The van der Waals surface area contributed by atoms with Crippen molar-refractivity contribution in [3.05, 3.63) is 26.7 Å². The fourth-order valence-electron chi connectivity index (χ4n) is 1.44. The summed E-state index contributed by atoms with van der Waals surface area (Å²) in [7, 11) is 1.63. The molecule has 0 bridgehead atoms. The van der Waals surface area contributed by atoms with Gasteiger partial charge in [0, 0.05) is 11.9 Å². The normalized spacial score (nSPS) is 10.7. The molecule has 2 rings (SSSR count). The fraction of sp³-hybridized carbons (Fsp3) is 0.400. The molecule has 2 aromatic rings. The zero-order chi connectivity index (χ0) is 13.3. The molecule has 2 heterocycles. The lowest BCUT2D eigenvalue weighted by atomic mass is 10.4. The third-order valence-electron chi connectivity index (χ3n) is 2.32. The molecule has 0 aliphatic rings. The van der Waals surface area contributed by atoms with Crippen molar-refractivity contribution >= 4 is 28.8 Å². The predicted molar refractivity (Wildman–Crippen MR) is 68.8 cm³/mol. The molecule has 1 amide bonds. The van der Waals surface area contributed by atoms with E-state index in [1.165, 1.54) is 4.68 Å². The van der Waals surface area contributed by atoms with Gasteiger partial charge in [-0.2, -0.15) is 4.98 Å². The van der Waals surface area contributed by atoms with Crippen LogP contribution in [0.4, 0.5) is 0 Å². The van der Waals surface area contributed by atoms with E-state index in [-0.39, 0.29) is 17.0 Å². The van der Waals surface area contributed by atoms with E-state index >= 15 is 0 Å². The summed E-state index contributed by atoms with van der Waals surface area (Å²) in [6.07, 6.45) is 0. The smallest absolute Gasteiger partial charge is 0.291 e. The number of carbonyl (C=O) groups excluding carboxylic acids is 1. The second-order valence-electron chi connectivity index (χ2n) is 3.75. The molecule has 1 N–H and O–H groups in total. The number of halogens is 1. The molecular weight excluding hydrogens is 274 g/mol. The van der Waals surface area contributed by atoms with E-state index in [0.717, 1.165) is 15.6 Å². The molecule has 0 spiro atoms. The molecule has 96 valence electrons. The Bertz CT molecular complexity index is 572. The van der Waals surface area contributed by atoms with E-state index in [1.54, 1.807) is 18.4 Å². The van der Waals surface area contributed by atoms with Gasteiger partial charge in [0.1, 0.15) is 0 Å². The van der Waals surface area contributed by atoms with Gasteiger partial charge in [-0.1, -0.05) is 0 Å². The minimum atomic E-state index is -0.344. The molecule has 0 fully saturated rings. The Labute approximate surface area is 113 Å². The van der Waals surface area contributed by atoms with Crippen LogP contribution in [0.1, 0.15) is 26.2 Å². The van der Waals surface area contributed by atoms with Gasteiger partial charge in [-0.3, -0.25) is 4.79 Å². The summed E-state index contributed by atoms with van der Waals surface area (Å²) in [6.45, 7) is 4.27. The van der Waals surface area contributed by atoms with Crippen molar-refractivity contribution in [3.63, 3.8) is 0 Å². The fourth-order valence-corrected chi connectivity index (χ4v) is 2.43. The van der Waals surface area contributed by atoms with Crippen LogP contribution in [0.2, 0.25) is 5.28 Å². The summed E-state index contributed by atoms with van der Waals surface area (Å²) in [5.41, 5.74) is 0.935. The molecule has 2 aromatic heterocycles. The number of hydrogen-bond donors (Lipinski definition) is 1. The number of aromatic nitrogens is 4. The first-order valence-electron chi connectivity index (χ1n) is 5.25. The average molecular weight is 286 g/mol. The standard InChI is InChI=1S/C10H12ClN5OS/c1-5-7(18-6(2)13-5)4-12-9(17)8-14-10(11)16(3)15-8/h4H2,1-3H3,(H,12,17). The number of aryl methyl sites for hydroxylation is 3. The minimum absolute atomic E-state index is 0.0707. The van der Waals surface area contributed by atoms with Crippen LogP contribution in [0.15, 0.2) is 0 Å². The van der Waals surface area contributed by atoms with Gasteiger partial charge >= 0.3 is 0 Å². The summed E-state index contributed by atoms with van der Waals surface area (Å²) < 4.78 is 1.35. The number of hydrogen-bond acceptors (Lipinski definition) is 5. The van der Waals surface area contributed by atoms with Gasteiger partial charge < -0.3 is 5.32 Å². The van der Waals surface area contributed by atoms with Crippen molar-refractivity contribution in [1.82, 2.24) is 25.1 Å². The third-order valence-corrected chi connectivity index (χ3v) is 3.72. The molecular formula is C10H12ClN5OS. The van der Waals surface area contributed by atoms with Gasteiger partial charge in [0.25, 0.3) is 5.91 Å². The second kappa shape index (κ2) is 5.03. The number of amides is 1. The molecule has 0 radical (unpaired) electrons. The first kappa shape index (κ1) is 13.0. The van der Waals surface area contributed by atoms with Gasteiger partial charge in [0.2, 0.25) is 11.1 Å². The quantitative estimate of drug-likeness (QED) is 0.927. The van der Waals surface area contributed by atoms with Gasteiger partial charge in [-0.05, 0) is 25.4 Å². The maximum absolute atomic E-state index is 11.8. The summed E-state index contributed by atoms with van der Waals surface area (Å²) in [6, 6.07) is 0. The maximum atomic E-state index is 11.8. The summed E-state index contributed by atoms with van der Waals surface area (Å²) in [5.74, 6) is -0.274. The van der Waals surface area contributed by atoms with Crippen molar-refractivity contribution in [2.45, 2.75) is 20.4 Å². The Morgan fingerprint density at radius 2 is 2.17 bits per heavy atom. The van der Waals surface area contributed by atoms with Gasteiger partial charge in [-0.15, -0.1) is 16.4 Å². The first-order valence-corrected chi connectivity index (χ1v) is 6.44. The van der Waals surface area contributed by atoms with E-state index in [4.69, 9.17) is 11.6 Å². The summed E-state index contributed by atoms with van der Waals surface area (Å²) >= 11 is 7.28. The largest absolute Gasteiger partial charge is 0.344 e. The molecule has 8 heteroatoms. The Morgan fingerprint density at radius 3 is 2.67 bits per heavy atom. The molecule has 0 saturated heterocycles. The van der Waals surface area contributed by atoms with E-state index in [1.807, 2.05) is 13.8 Å². The maximum Gasteiger partial charge on any atom is 0.291 e. The molecule has 0 atom stereocenters. The zero-order valence-corrected chi connectivity index (χ0v) is 11.8. The van der Waals surface area contributed by atoms with Crippen molar-refractivity contribution < 1.29 is 4.79 Å². The highest BCUT2D eigenvalue weighted by Crippen LogP contribution is 2.16. The number of rotatable bonds is 3. The lowest BCUT2D eigenvalue weighted by Gasteiger charge is -2.00. The molecule has 6 nitrogen and oxygen atoms in total. The zero-order valence-electron chi connectivity index (χ0n) is 10.2. The molecule has 0 unspecified atom stereocenters. The number of carbonyl (C=O) groups is 1. The van der Waals surface area contributed by atoms with Crippen LogP contribution < -0.4 is 5.32 Å². The number of nitrogens with one attached hydrogen (secondary N) is 1. The summed E-state index contributed by atoms with van der Waals surface area (Å²) in [5, 5.41) is 7.81. The van der Waals surface area contributed by atoms with Gasteiger partial charge in [0.05, 0.1) is 17.2 Å². The van der Waals surface area contributed by atoms with Crippen LogP contribution in [0.5, 0.6) is 0 Å². The van der Waals surface area contributed by atoms with E-state index in [0.29, 0.717) is 6.54 Å². The van der Waals surface area contributed by atoms with Crippen LogP contribution >= 0.6 is 22.9 Å². The Kier molecular flexibility index (Phi) is 3.63. The van der Waals surface area contributed by atoms with Crippen LogP contribution in [0.3, 0.4) is 0 Å². The topological polar surface area (TPSA) is 72.7 Å². The summed E-state index contributed by atoms with van der Waals surface area (Å²) in [4.78, 5) is 20.9. The monoisotopic (exact) mass is 285 g/mol. The SMILES string of the molecule is Cc1nc(C)c(CNC(=O)c2nc(Cl)n(C)n2)s1. The van der Waals surface area contributed by atoms with Crippen molar-refractivity contribution in [3.8, 4) is 0 Å². The molecule has 0 aliphatic heterocycles. The minimum Gasteiger partial charge on any atom is -0.344 e. The number of nitrogens with zero attached hydrogens (tertiary/aromatic N) is 4. The van der Waals surface area contributed by atoms with Crippen LogP contribution in [0.25, 0.3) is 0 Å². The highest BCUT2D eigenvalue weighted by molar-refractivity contribution is 7.11. The lowest BCUT2D eigenvalue weighted by molar-refractivity contribution is 0.0940. The van der Waals surface area contributed by atoms with Gasteiger partial charge in [0.15, 0.2) is 0 Å². The molecule has 18 heavy (non-hydrogen) atoms. The third kappa shape index (κ3) is 2.68.